The second-order valence-corrected chi connectivity index (χ2v) is 7.29. The van der Waals surface area contributed by atoms with Gasteiger partial charge < -0.3 is 13.9 Å². The summed E-state index contributed by atoms with van der Waals surface area (Å²) in [6, 6.07) is 19.2. The van der Waals surface area contributed by atoms with Crippen molar-refractivity contribution in [2.45, 2.75) is 27.4 Å². The third-order valence-electron chi connectivity index (χ3n) is 4.66. The van der Waals surface area contributed by atoms with Gasteiger partial charge in [0.2, 0.25) is 11.2 Å². The topological polar surface area (TPSA) is 48.7 Å². The molecular formula is C25H22O4. The van der Waals surface area contributed by atoms with E-state index < -0.39 is 0 Å². The molecule has 0 atom stereocenters. The van der Waals surface area contributed by atoms with Crippen LogP contribution in [0.3, 0.4) is 0 Å². The zero-order valence-corrected chi connectivity index (χ0v) is 16.7. The SMILES string of the molecule is Cc1ccc(COc2ccc3c(=O)c(Oc4cc(C)cc(C)c4)coc3c2)cc1. The van der Waals surface area contributed by atoms with Gasteiger partial charge in [0.05, 0.1) is 5.39 Å². The molecule has 0 saturated heterocycles. The van der Waals surface area contributed by atoms with Gasteiger partial charge >= 0.3 is 0 Å². The van der Waals surface area contributed by atoms with Crippen LogP contribution in [0.15, 0.2) is 76.1 Å². The van der Waals surface area contributed by atoms with Crippen molar-refractivity contribution in [2.75, 3.05) is 0 Å². The van der Waals surface area contributed by atoms with Crippen LogP contribution < -0.4 is 14.9 Å². The molecule has 4 nitrogen and oxygen atoms in total. The molecule has 0 radical (unpaired) electrons. The van der Waals surface area contributed by atoms with E-state index in [4.69, 9.17) is 13.9 Å². The Morgan fingerprint density at radius 3 is 2.24 bits per heavy atom. The van der Waals surface area contributed by atoms with Crippen LogP contribution in [0.25, 0.3) is 11.0 Å². The lowest BCUT2D eigenvalue weighted by Crippen LogP contribution is -2.05. The van der Waals surface area contributed by atoms with Crippen LogP contribution >= 0.6 is 0 Å². The van der Waals surface area contributed by atoms with Gasteiger partial charge in [0.1, 0.15) is 30.0 Å². The summed E-state index contributed by atoms with van der Waals surface area (Å²) in [5.41, 5.74) is 4.68. The van der Waals surface area contributed by atoms with Gasteiger partial charge in [0, 0.05) is 6.07 Å². The van der Waals surface area contributed by atoms with Crippen molar-refractivity contribution in [3.8, 4) is 17.2 Å². The average molecular weight is 386 g/mol. The predicted molar refractivity (Wildman–Crippen MR) is 114 cm³/mol. The molecule has 0 bridgehead atoms. The first-order valence-electron chi connectivity index (χ1n) is 9.48. The standard InChI is InChI=1S/C25H22O4/c1-16-4-6-19(7-5-16)14-27-20-8-9-22-23(13-20)28-15-24(25(22)26)29-21-11-17(2)10-18(3)12-21/h4-13,15H,14H2,1-3H3. The summed E-state index contributed by atoms with van der Waals surface area (Å²) in [5, 5.41) is 0.453. The second-order valence-electron chi connectivity index (χ2n) is 7.29. The maximum atomic E-state index is 12.8. The molecule has 1 heterocycles. The lowest BCUT2D eigenvalue weighted by Gasteiger charge is -2.09. The van der Waals surface area contributed by atoms with Crippen molar-refractivity contribution >= 4 is 11.0 Å². The Labute approximate surface area is 169 Å². The molecule has 0 aliphatic rings. The molecular weight excluding hydrogens is 364 g/mol. The van der Waals surface area contributed by atoms with Gasteiger partial charge in [-0.3, -0.25) is 4.79 Å². The Morgan fingerprint density at radius 2 is 1.52 bits per heavy atom. The minimum atomic E-state index is -0.213. The molecule has 4 aromatic rings. The summed E-state index contributed by atoms with van der Waals surface area (Å²) in [5.74, 6) is 1.42. The van der Waals surface area contributed by atoms with Gasteiger partial charge in [-0.1, -0.05) is 35.9 Å². The Kier molecular flexibility index (Phi) is 5.09. The van der Waals surface area contributed by atoms with Crippen molar-refractivity contribution in [3.05, 3.63) is 99.4 Å². The highest BCUT2D eigenvalue weighted by Crippen LogP contribution is 2.25. The molecule has 4 rings (SSSR count). The fourth-order valence-electron chi connectivity index (χ4n) is 3.22. The molecule has 3 aromatic carbocycles. The van der Waals surface area contributed by atoms with E-state index in [-0.39, 0.29) is 11.2 Å². The predicted octanol–water partition coefficient (Wildman–Crippen LogP) is 6.09. The van der Waals surface area contributed by atoms with Gasteiger partial charge in [-0.25, -0.2) is 0 Å². The molecule has 0 spiro atoms. The maximum Gasteiger partial charge on any atom is 0.235 e. The number of fused-ring (bicyclic) bond motifs is 1. The molecule has 0 unspecified atom stereocenters. The van der Waals surface area contributed by atoms with E-state index in [0.29, 0.717) is 29.1 Å². The fourth-order valence-corrected chi connectivity index (χ4v) is 3.22. The molecule has 0 N–H and O–H groups in total. The molecule has 0 aliphatic heterocycles. The summed E-state index contributed by atoms with van der Waals surface area (Å²) in [4.78, 5) is 12.8. The molecule has 0 aliphatic carbocycles. The highest BCUT2D eigenvalue weighted by atomic mass is 16.5. The largest absolute Gasteiger partial charge is 0.489 e. The highest BCUT2D eigenvalue weighted by molar-refractivity contribution is 5.79. The van der Waals surface area contributed by atoms with Crippen LogP contribution in [-0.4, -0.2) is 0 Å². The zero-order valence-electron chi connectivity index (χ0n) is 16.7. The minimum Gasteiger partial charge on any atom is -0.489 e. The number of hydrogen-bond donors (Lipinski definition) is 0. The normalized spacial score (nSPS) is 10.9. The molecule has 4 heteroatoms. The van der Waals surface area contributed by atoms with Gasteiger partial charge in [-0.2, -0.15) is 0 Å². The average Bonchev–Trinajstić information content (AvgIpc) is 2.69. The second kappa shape index (κ2) is 7.84. The molecule has 0 saturated carbocycles. The van der Waals surface area contributed by atoms with E-state index >= 15 is 0 Å². The van der Waals surface area contributed by atoms with Crippen molar-refractivity contribution in [3.63, 3.8) is 0 Å². The Bertz CT molecular complexity index is 1200. The van der Waals surface area contributed by atoms with Crippen molar-refractivity contribution in [2.24, 2.45) is 0 Å². The quantitative estimate of drug-likeness (QED) is 0.416. The first-order valence-corrected chi connectivity index (χ1v) is 9.48. The molecule has 1 aromatic heterocycles. The minimum absolute atomic E-state index is 0.163. The van der Waals surface area contributed by atoms with Gasteiger partial charge in [0.25, 0.3) is 0 Å². The number of rotatable bonds is 5. The fraction of sp³-hybridized carbons (Fsp3) is 0.160. The third-order valence-corrected chi connectivity index (χ3v) is 4.66. The van der Waals surface area contributed by atoms with E-state index in [1.54, 1.807) is 18.2 Å². The van der Waals surface area contributed by atoms with E-state index in [0.717, 1.165) is 16.7 Å². The zero-order chi connectivity index (χ0) is 20.4. The molecule has 146 valence electrons. The lowest BCUT2D eigenvalue weighted by molar-refractivity contribution is 0.306. The third kappa shape index (κ3) is 4.32. The van der Waals surface area contributed by atoms with Crippen LogP contribution in [0.5, 0.6) is 17.2 Å². The smallest absolute Gasteiger partial charge is 0.235 e. The van der Waals surface area contributed by atoms with Gasteiger partial charge in [-0.05, 0) is 61.7 Å². The summed E-state index contributed by atoms with van der Waals surface area (Å²) < 4.78 is 17.3. The Hall–Kier alpha value is -3.53. The number of ether oxygens (including phenoxy) is 2. The van der Waals surface area contributed by atoms with Crippen LogP contribution in [0, 0.1) is 20.8 Å². The first kappa shape index (κ1) is 18.8. The van der Waals surface area contributed by atoms with Crippen molar-refractivity contribution < 1.29 is 13.9 Å². The Morgan fingerprint density at radius 1 is 0.793 bits per heavy atom. The number of benzene rings is 3. The van der Waals surface area contributed by atoms with Gasteiger partial charge in [0.15, 0.2) is 0 Å². The molecule has 0 amide bonds. The maximum absolute atomic E-state index is 12.8. The van der Waals surface area contributed by atoms with E-state index in [1.165, 1.54) is 11.8 Å². The van der Waals surface area contributed by atoms with Crippen molar-refractivity contribution in [1.82, 2.24) is 0 Å². The lowest BCUT2D eigenvalue weighted by atomic mass is 10.1. The van der Waals surface area contributed by atoms with E-state index in [9.17, 15) is 4.79 Å². The summed E-state index contributed by atoms with van der Waals surface area (Å²) in [7, 11) is 0. The summed E-state index contributed by atoms with van der Waals surface area (Å²) in [6.45, 7) is 6.47. The summed E-state index contributed by atoms with van der Waals surface area (Å²) in [6.07, 6.45) is 1.35. The monoisotopic (exact) mass is 386 g/mol. The van der Waals surface area contributed by atoms with Crippen molar-refractivity contribution in [1.29, 1.82) is 0 Å². The van der Waals surface area contributed by atoms with E-state index in [2.05, 4.69) is 12.1 Å². The van der Waals surface area contributed by atoms with Crippen LogP contribution in [0.4, 0.5) is 0 Å². The molecule has 0 fully saturated rings. The van der Waals surface area contributed by atoms with E-state index in [1.807, 2.05) is 51.1 Å². The number of hydrogen-bond acceptors (Lipinski definition) is 4. The van der Waals surface area contributed by atoms with Crippen LogP contribution in [0.1, 0.15) is 22.3 Å². The van der Waals surface area contributed by atoms with Gasteiger partial charge in [-0.15, -0.1) is 0 Å². The molecule has 29 heavy (non-hydrogen) atoms. The highest BCUT2D eigenvalue weighted by Gasteiger charge is 2.11. The summed E-state index contributed by atoms with van der Waals surface area (Å²) >= 11 is 0. The Balaban J connectivity index is 1.56. The van der Waals surface area contributed by atoms with Crippen LogP contribution in [-0.2, 0) is 6.61 Å². The number of aryl methyl sites for hydroxylation is 3. The first-order chi connectivity index (χ1) is 14.0. The van der Waals surface area contributed by atoms with Crippen LogP contribution in [0.2, 0.25) is 0 Å².